The lowest BCUT2D eigenvalue weighted by Gasteiger charge is -2.07. The van der Waals surface area contributed by atoms with Gasteiger partial charge in [-0.2, -0.15) is 0 Å². The number of hydrogen-bond acceptors (Lipinski definition) is 6. The van der Waals surface area contributed by atoms with Gasteiger partial charge in [0.15, 0.2) is 0 Å². The summed E-state index contributed by atoms with van der Waals surface area (Å²) in [7, 11) is 1.29. The molecule has 0 aliphatic rings. The van der Waals surface area contributed by atoms with E-state index in [0.717, 1.165) is 6.26 Å². The normalized spacial score (nSPS) is 9.53. The van der Waals surface area contributed by atoms with Crippen molar-refractivity contribution in [2.45, 2.75) is 0 Å². The molecule has 0 spiro atoms. The highest BCUT2D eigenvalue weighted by molar-refractivity contribution is 5.67. The van der Waals surface area contributed by atoms with Crippen molar-refractivity contribution < 1.29 is 28.5 Å². The summed E-state index contributed by atoms with van der Waals surface area (Å²) in [5.41, 5.74) is 0. The van der Waals surface area contributed by atoms with Crippen LogP contribution in [0.3, 0.4) is 0 Å². The van der Waals surface area contributed by atoms with E-state index in [-0.39, 0.29) is 0 Å². The molecule has 0 aromatic rings. The fourth-order valence-corrected chi connectivity index (χ4v) is 0.962. The van der Waals surface area contributed by atoms with Crippen molar-refractivity contribution in [2.24, 2.45) is 0 Å². The zero-order valence-corrected chi connectivity index (χ0v) is 11.0. The Kier molecular flexibility index (Phi) is 11.5. The van der Waals surface area contributed by atoms with E-state index in [1.165, 1.54) is 7.11 Å². The van der Waals surface area contributed by atoms with Crippen LogP contribution in [0.25, 0.3) is 0 Å². The van der Waals surface area contributed by atoms with E-state index >= 15 is 0 Å². The number of nitrogens with one attached hydrogen (secondary N) is 2. The van der Waals surface area contributed by atoms with Gasteiger partial charge in [0.1, 0.15) is 0 Å². The number of hydrogen-bond donors (Lipinski definition) is 2. The second-order valence-corrected chi connectivity index (χ2v) is 3.14. The number of rotatable bonds is 10. The van der Waals surface area contributed by atoms with E-state index in [9.17, 15) is 9.59 Å². The van der Waals surface area contributed by atoms with Crippen LogP contribution in [0.5, 0.6) is 0 Å². The molecule has 0 saturated heterocycles. The molecular formula is C11H20N2O6. The molecule has 0 bridgehead atoms. The molecular weight excluding hydrogens is 256 g/mol. The maximum Gasteiger partial charge on any atom is 0.412 e. The SMILES string of the molecule is C=COC(=O)NCCOCCOCCNC(=O)OC. The lowest BCUT2D eigenvalue weighted by Crippen LogP contribution is -2.28. The van der Waals surface area contributed by atoms with Gasteiger partial charge in [0.25, 0.3) is 0 Å². The smallest absolute Gasteiger partial charge is 0.412 e. The summed E-state index contributed by atoms with van der Waals surface area (Å²) < 4.78 is 19.2. The molecule has 0 unspecified atom stereocenters. The molecule has 0 rings (SSSR count). The third-order valence-corrected chi connectivity index (χ3v) is 1.78. The third-order valence-electron chi connectivity index (χ3n) is 1.78. The monoisotopic (exact) mass is 276 g/mol. The lowest BCUT2D eigenvalue weighted by atomic mass is 10.6. The molecule has 0 atom stereocenters. The van der Waals surface area contributed by atoms with Crippen LogP contribution in [0.15, 0.2) is 12.8 Å². The predicted molar refractivity (Wildman–Crippen MR) is 66.7 cm³/mol. The zero-order chi connectivity index (χ0) is 14.3. The first-order valence-electron chi connectivity index (χ1n) is 5.73. The molecule has 0 aliphatic heterocycles. The summed E-state index contributed by atoms with van der Waals surface area (Å²) >= 11 is 0. The van der Waals surface area contributed by atoms with Crippen LogP contribution < -0.4 is 10.6 Å². The van der Waals surface area contributed by atoms with Crippen molar-refractivity contribution in [3.8, 4) is 0 Å². The molecule has 8 nitrogen and oxygen atoms in total. The minimum Gasteiger partial charge on any atom is -0.453 e. The first-order chi connectivity index (χ1) is 9.20. The van der Waals surface area contributed by atoms with Crippen molar-refractivity contribution >= 4 is 12.2 Å². The van der Waals surface area contributed by atoms with E-state index < -0.39 is 12.2 Å². The second-order valence-electron chi connectivity index (χ2n) is 3.14. The van der Waals surface area contributed by atoms with E-state index in [1.54, 1.807) is 0 Å². The Balaban J connectivity index is 3.13. The first-order valence-corrected chi connectivity index (χ1v) is 5.73. The van der Waals surface area contributed by atoms with Crippen LogP contribution in [0.1, 0.15) is 0 Å². The van der Waals surface area contributed by atoms with Gasteiger partial charge in [0, 0.05) is 13.1 Å². The number of carbonyl (C=O) groups excluding carboxylic acids is 2. The van der Waals surface area contributed by atoms with Gasteiger partial charge in [0.2, 0.25) is 0 Å². The van der Waals surface area contributed by atoms with Crippen LogP contribution in [0.4, 0.5) is 9.59 Å². The van der Waals surface area contributed by atoms with Crippen molar-refractivity contribution in [1.29, 1.82) is 0 Å². The van der Waals surface area contributed by atoms with Gasteiger partial charge >= 0.3 is 12.2 Å². The van der Waals surface area contributed by atoms with E-state index in [2.05, 4.69) is 26.7 Å². The maximum absolute atomic E-state index is 10.8. The molecule has 0 aliphatic carbocycles. The molecule has 0 saturated carbocycles. The zero-order valence-electron chi connectivity index (χ0n) is 11.0. The Morgan fingerprint density at radius 2 is 1.53 bits per heavy atom. The van der Waals surface area contributed by atoms with Crippen molar-refractivity contribution in [3.63, 3.8) is 0 Å². The Morgan fingerprint density at radius 3 is 2.00 bits per heavy atom. The van der Waals surface area contributed by atoms with Crippen molar-refractivity contribution in [3.05, 3.63) is 12.8 Å². The van der Waals surface area contributed by atoms with Gasteiger partial charge in [-0.1, -0.05) is 6.58 Å². The van der Waals surface area contributed by atoms with Crippen LogP contribution in [0, 0.1) is 0 Å². The molecule has 8 heteroatoms. The molecule has 0 aromatic carbocycles. The predicted octanol–water partition coefficient (Wildman–Crippen LogP) is 0.245. The Bertz CT molecular complexity index is 272. The van der Waals surface area contributed by atoms with Gasteiger partial charge in [0.05, 0.1) is 39.8 Å². The topological polar surface area (TPSA) is 95.1 Å². The Labute approximate surface area is 112 Å². The molecule has 2 amide bonds. The van der Waals surface area contributed by atoms with Crippen molar-refractivity contribution in [2.75, 3.05) is 46.6 Å². The molecule has 19 heavy (non-hydrogen) atoms. The largest absolute Gasteiger partial charge is 0.453 e. The number of ether oxygens (including phenoxy) is 4. The summed E-state index contributed by atoms with van der Waals surface area (Å²) in [5.74, 6) is 0. The Hall–Kier alpha value is -1.80. The molecule has 0 heterocycles. The van der Waals surface area contributed by atoms with Gasteiger partial charge in [-0.25, -0.2) is 9.59 Å². The van der Waals surface area contributed by atoms with Gasteiger partial charge < -0.3 is 29.6 Å². The molecule has 0 fully saturated rings. The second kappa shape index (κ2) is 12.7. The minimum absolute atomic E-state index is 0.344. The molecule has 0 radical (unpaired) electrons. The van der Waals surface area contributed by atoms with E-state index in [1.807, 2.05) is 0 Å². The van der Waals surface area contributed by atoms with Crippen LogP contribution in [-0.2, 0) is 18.9 Å². The fourth-order valence-electron chi connectivity index (χ4n) is 0.962. The first kappa shape index (κ1) is 17.2. The standard InChI is InChI=1S/C11H20N2O6/c1-3-19-11(15)13-5-7-18-9-8-17-6-4-12-10(14)16-2/h3H,1,4-9H2,2H3,(H,12,14)(H,13,15). The van der Waals surface area contributed by atoms with E-state index in [4.69, 9.17) is 9.47 Å². The summed E-state index contributed by atoms with van der Waals surface area (Å²) in [5, 5.41) is 4.93. The van der Waals surface area contributed by atoms with Gasteiger partial charge in [-0.05, 0) is 0 Å². The summed E-state index contributed by atoms with van der Waals surface area (Å²) in [4.78, 5) is 21.5. The lowest BCUT2D eigenvalue weighted by molar-refractivity contribution is 0.0496. The van der Waals surface area contributed by atoms with Gasteiger partial charge in [-0.3, -0.25) is 0 Å². The van der Waals surface area contributed by atoms with Crippen molar-refractivity contribution in [1.82, 2.24) is 10.6 Å². The maximum atomic E-state index is 10.8. The average Bonchev–Trinajstić information content (AvgIpc) is 2.40. The highest BCUT2D eigenvalue weighted by atomic mass is 16.5. The third kappa shape index (κ3) is 12.4. The minimum atomic E-state index is -0.566. The summed E-state index contributed by atoms with van der Waals surface area (Å²) in [6.07, 6.45) is -0.00656. The number of carbonyl (C=O) groups is 2. The molecule has 110 valence electrons. The van der Waals surface area contributed by atoms with E-state index in [0.29, 0.717) is 39.5 Å². The number of methoxy groups -OCH3 is 1. The highest BCUT2D eigenvalue weighted by Gasteiger charge is 1.98. The summed E-state index contributed by atoms with van der Waals surface area (Å²) in [6, 6.07) is 0. The van der Waals surface area contributed by atoms with Gasteiger partial charge in [-0.15, -0.1) is 0 Å². The van der Waals surface area contributed by atoms with Crippen LogP contribution >= 0.6 is 0 Å². The number of alkyl carbamates (subject to hydrolysis) is 2. The average molecular weight is 276 g/mol. The Morgan fingerprint density at radius 1 is 1.00 bits per heavy atom. The van der Waals surface area contributed by atoms with Crippen LogP contribution in [-0.4, -0.2) is 58.8 Å². The summed E-state index contributed by atoms with van der Waals surface area (Å²) in [6.45, 7) is 5.50. The highest BCUT2D eigenvalue weighted by Crippen LogP contribution is 1.80. The number of amides is 2. The fraction of sp³-hybridized carbons (Fsp3) is 0.636. The quantitative estimate of drug-likeness (QED) is 0.438. The van der Waals surface area contributed by atoms with Crippen LogP contribution in [0.2, 0.25) is 0 Å². The molecule has 0 aromatic heterocycles. The molecule has 2 N–H and O–H groups in total.